The summed E-state index contributed by atoms with van der Waals surface area (Å²) >= 11 is 1.51. The number of methoxy groups -OCH3 is 2. The molecule has 43 heavy (non-hydrogen) atoms. The van der Waals surface area contributed by atoms with Crippen molar-refractivity contribution in [2.75, 3.05) is 34.4 Å². The number of nitrogens with zero attached hydrogens (tertiary/aromatic N) is 3. The topological polar surface area (TPSA) is 127 Å². The first-order chi connectivity index (χ1) is 20.7. The number of likely N-dealkylation sites (N-methyl/N-ethyl adjacent to an activating group) is 1. The summed E-state index contributed by atoms with van der Waals surface area (Å²) in [5, 5.41) is 5.96. The molecule has 3 N–H and O–H groups in total. The van der Waals surface area contributed by atoms with Gasteiger partial charge in [0, 0.05) is 39.4 Å². The maximum absolute atomic E-state index is 13.8. The number of nitrogens with two attached hydrogens (primary N) is 1. The molecule has 7 atom stereocenters. The van der Waals surface area contributed by atoms with Crippen LogP contribution in [-0.2, 0) is 30.3 Å². The molecule has 0 radical (unpaired) electrons. The number of carbonyl (C=O) groups is 3. The molecule has 0 unspecified atom stereocenters. The number of thiazole rings is 1. The van der Waals surface area contributed by atoms with Gasteiger partial charge in [-0.25, -0.2) is 4.98 Å². The van der Waals surface area contributed by atoms with Gasteiger partial charge in [-0.1, -0.05) is 57.5 Å². The minimum absolute atomic E-state index is 0.0735. The van der Waals surface area contributed by atoms with Gasteiger partial charge in [0.15, 0.2) is 0 Å². The molecular formula is C32H49N5O5S. The number of hydrogen-bond donors (Lipinski definition) is 2. The summed E-state index contributed by atoms with van der Waals surface area (Å²) in [6, 6.07) is 9.19. The van der Waals surface area contributed by atoms with Crippen molar-refractivity contribution in [2.24, 2.45) is 17.6 Å². The quantitative estimate of drug-likeness (QED) is 0.296. The molecule has 2 heterocycles. The third-order valence-electron chi connectivity index (χ3n) is 8.83. The lowest BCUT2D eigenvalue weighted by molar-refractivity contribution is -0.145. The fourth-order valence-corrected chi connectivity index (χ4v) is 6.92. The summed E-state index contributed by atoms with van der Waals surface area (Å²) < 4.78 is 11.8. The molecule has 2 aromatic rings. The molecule has 1 fully saturated rings. The van der Waals surface area contributed by atoms with Crippen molar-refractivity contribution in [3.05, 3.63) is 52.5 Å². The highest BCUT2D eigenvalue weighted by molar-refractivity contribution is 7.09. The van der Waals surface area contributed by atoms with Gasteiger partial charge in [0.05, 0.1) is 49.2 Å². The van der Waals surface area contributed by atoms with Gasteiger partial charge in [0.1, 0.15) is 5.01 Å². The molecule has 3 rings (SSSR count). The van der Waals surface area contributed by atoms with Crippen LogP contribution in [0.4, 0.5) is 0 Å². The Balaban J connectivity index is 1.74. The number of hydrogen-bond acceptors (Lipinski definition) is 8. The lowest BCUT2D eigenvalue weighted by Gasteiger charge is -2.39. The maximum atomic E-state index is 13.8. The summed E-state index contributed by atoms with van der Waals surface area (Å²) in [5.74, 6) is -0.821. The SMILES string of the molecule is CC[C@H](C)[C@@H]([C@@H](CC(=O)N1CCC[C@H]1[C@H](OC)[C@@H](C)C(=O)N[C@@H](Cc1ccccc1)c1nccs1)OC)N(C)C(=O)CN. The second kappa shape index (κ2) is 16.8. The molecule has 0 saturated carbocycles. The summed E-state index contributed by atoms with van der Waals surface area (Å²) in [5.41, 5.74) is 6.76. The van der Waals surface area contributed by atoms with Crippen LogP contribution < -0.4 is 11.1 Å². The van der Waals surface area contributed by atoms with E-state index >= 15 is 0 Å². The van der Waals surface area contributed by atoms with Crippen LogP contribution >= 0.6 is 11.3 Å². The molecule has 0 spiro atoms. The van der Waals surface area contributed by atoms with Gasteiger partial charge >= 0.3 is 0 Å². The molecule has 0 bridgehead atoms. The van der Waals surface area contributed by atoms with Crippen molar-refractivity contribution in [1.82, 2.24) is 20.1 Å². The Morgan fingerprint density at radius 1 is 1.19 bits per heavy atom. The summed E-state index contributed by atoms with van der Waals surface area (Å²) in [4.78, 5) is 47.9. The first-order valence-corrected chi connectivity index (χ1v) is 16.1. The lowest BCUT2D eigenvalue weighted by Crippen LogP contribution is -2.54. The highest BCUT2D eigenvalue weighted by atomic mass is 32.1. The average molecular weight is 616 g/mol. The van der Waals surface area contributed by atoms with Crippen molar-refractivity contribution < 1.29 is 23.9 Å². The Labute approximate surface area is 260 Å². The molecule has 1 aliphatic rings. The minimum Gasteiger partial charge on any atom is -0.379 e. The normalized spacial score (nSPS) is 19.2. The number of rotatable bonds is 16. The van der Waals surface area contributed by atoms with E-state index in [1.54, 1.807) is 32.4 Å². The number of nitrogens with one attached hydrogen (secondary N) is 1. The summed E-state index contributed by atoms with van der Waals surface area (Å²) in [7, 11) is 4.90. The molecule has 1 aromatic heterocycles. The third-order valence-corrected chi connectivity index (χ3v) is 9.72. The molecular weight excluding hydrogens is 566 g/mol. The smallest absolute Gasteiger partial charge is 0.236 e. The highest BCUT2D eigenvalue weighted by Crippen LogP contribution is 2.30. The van der Waals surface area contributed by atoms with E-state index in [4.69, 9.17) is 15.2 Å². The zero-order chi connectivity index (χ0) is 31.5. The number of aromatic nitrogens is 1. The maximum Gasteiger partial charge on any atom is 0.236 e. The van der Waals surface area contributed by atoms with Gasteiger partial charge in [0.2, 0.25) is 17.7 Å². The zero-order valence-electron chi connectivity index (χ0n) is 26.4. The van der Waals surface area contributed by atoms with E-state index in [0.29, 0.717) is 13.0 Å². The Bertz CT molecular complexity index is 1150. The van der Waals surface area contributed by atoms with Crippen LogP contribution in [0.15, 0.2) is 41.9 Å². The third kappa shape index (κ3) is 8.84. The molecule has 0 aliphatic carbocycles. The molecule has 10 nitrogen and oxygen atoms in total. The van der Waals surface area contributed by atoms with E-state index in [0.717, 1.165) is 29.8 Å². The van der Waals surface area contributed by atoms with E-state index < -0.39 is 18.1 Å². The van der Waals surface area contributed by atoms with E-state index in [9.17, 15) is 14.4 Å². The first kappa shape index (κ1) is 34.6. The summed E-state index contributed by atoms with van der Waals surface area (Å²) in [6.07, 6.45) is 3.86. The van der Waals surface area contributed by atoms with E-state index in [1.807, 2.05) is 47.5 Å². The Morgan fingerprint density at radius 3 is 2.49 bits per heavy atom. The van der Waals surface area contributed by atoms with E-state index in [2.05, 4.69) is 24.1 Å². The molecule has 1 aromatic carbocycles. The standard InChI is InChI=1S/C32H49N5O5S/c1-7-21(2)29(36(4)28(39)20-33)26(41-5)19-27(38)37-16-11-14-25(37)30(42-6)22(3)31(40)35-24(32-34-15-17-43-32)18-23-12-9-8-10-13-23/h8-10,12-13,15,17,21-22,24-26,29-30H,7,11,14,16,18-20,33H2,1-6H3,(H,35,40)/t21-,22+,24-,25-,26+,29-,30+/m0/s1. The molecule has 238 valence electrons. The Morgan fingerprint density at radius 2 is 1.91 bits per heavy atom. The molecule has 3 amide bonds. The monoisotopic (exact) mass is 615 g/mol. The van der Waals surface area contributed by atoms with Crippen molar-refractivity contribution in [3.63, 3.8) is 0 Å². The lowest BCUT2D eigenvalue weighted by atomic mass is 9.90. The van der Waals surface area contributed by atoms with Crippen LogP contribution in [0.3, 0.4) is 0 Å². The van der Waals surface area contributed by atoms with E-state index in [-0.39, 0.29) is 54.7 Å². The van der Waals surface area contributed by atoms with Gasteiger partial charge in [0.25, 0.3) is 0 Å². The second-order valence-corrected chi connectivity index (χ2v) is 12.4. The van der Waals surface area contributed by atoms with E-state index in [1.165, 1.54) is 11.3 Å². The molecule has 11 heteroatoms. The number of carbonyl (C=O) groups excluding carboxylic acids is 3. The fourth-order valence-electron chi connectivity index (χ4n) is 6.23. The summed E-state index contributed by atoms with van der Waals surface area (Å²) in [6.45, 7) is 6.44. The number of amides is 3. The van der Waals surface area contributed by atoms with Gasteiger partial charge in [-0.05, 0) is 30.7 Å². The fraction of sp³-hybridized carbons (Fsp3) is 0.625. The highest BCUT2D eigenvalue weighted by Gasteiger charge is 2.42. The number of ether oxygens (including phenoxy) is 2. The Kier molecular flexibility index (Phi) is 13.6. The van der Waals surface area contributed by atoms with Gasteiger partial charge in [-0.3, -0.25) is 14.4 Å². The first-order valence-electron chi connectivity index (χ1n) is 15.2. The number of benzene rings is 1. The minimum atomic E-state index is -0.513. The van der Waals surface area contributed by atoms with Crippen molar-refractivity contribution in [2.45, 2.75) is 83.2 Å². The molecule has 1 aliphatic heterocycles. The zero-order valence-corrected chi connectivity index (χ0v) is 27.2. The van der Waals surface area contributed by atoms with Gasteiger partial charge in [-0.15, -0.1) is 11.3 Å². The van der Waals surface area contributed by atoms with Crippen molar-refractivity contribution >= 4 is 29.1 Å². The predicted octanol–water partition coefficient (Wildman–Crippen LogP) is 3.42. The van der Waals surface area contributed by atoms with Crippen LogP contribution in [-0.4, -0.2) is 91.2 Å². The largest absolute Gasteiger partial charge is 0.379 e. The number of likely N-dealkylation sites (tertiary alicyclic amines) is 1. The van der Waals surface area contributed by atoms with Crippen LogP contribution in [0.1, 0.15) is 63.1 Å². The van der Waals surface area contributed by atoms with Gasteiger partial charge < -0.3 is 30.3 Å². The van der Waals surface area contributed by atoms with Crippen LogP contribution in [0.2, 0.25) is 0 Å². The van der Waals surface area contributed by atoms with Gasteiger partial charge in [-0.2, -0.15) is 0 Å². The van der Waals surface area contributed by atoms with Crippen LogP contribution in [0, 0.1) is 11.8 Å². The second-order valence-electron chi connectivity index (χ2n) is 11.5. The van der Waals surface area contributed by atoms with Crippen molar-refractivity contribution in [1.29, 1.82) is 0 Å². The Hall–Kier alpha value is -2.86. The average Bonchev–Trinajstić information content (AvgIpc) is 3.74. The van der Waals surface area contributed by atoms with Crippen LogP contribution in [0.5, 0.6) is 0 Å². The van der Waals surface area contributed by atoms with Crippen LogP contribution in [0.25, 0.3) is 0 Å². The molecule has 1 saturated heterocycles. The predicted molar refractivity (Wildman–Crippen MR) is 168 cm³/mol. The van der Waals surface area contributed by atoms with Crippen molar-refractivity contribution in [3.8, 4) is 0 Å².